The first kappa shape index (κ1) is 37.5. The first-order valence-electron chi connectivity index (χ1n) is 17.4. The number of piperazine rings is 1. The number of nitrogens with zero attached hydrogens (tertiary/aromatic N) is 6. The zero-order valence-electron chi connectivity index (χ0n) is 30.1. The molecule has 0 amide bonds. The van der Waals surface area contributed by atoms with Crippen LogP contribution in [0.2, 0.25) is 0 Å². The van der Waals surface area contributed by atoms with Gasteiger partial charge in [-0.05, 0) is 49.6 Å². The van der Waals surface area contributed by atoms with Crippen molar-refractivity contribution in [2.24, 2.45) is 5.92 Å². The molecule has 6 nitrogen and oxygen atoms in total. The molecule has 0 radical (unpaired) electrons. The van der Waals surface area contributed by atoms with E-state index in [1.165, 1.54) is 22.0 Å². The van der Waals surface area contributed by atoms with Gasteiger partial charge in [0.1, 0.15) is 17.7 Å². The van der Waals surface area contributed by atoms with Gasteiger partial charge >= 0.3 is 0 Å². The Morgan fingerprint density at radius 1 is 0.911 bits per heavy atom. The number of aromatic nitrogens is 1. The van der Waals surface area contributed by atoms with E-state index in [4.69, 9.17) is 4.98 Å². The van der Waals surface area contributed by atoms with Crippen LogP contribution in [0.15, 0.2) is 54.7 Å². The standard InChI is InChI=1S/C31H38N6.C4H10.2C2H6/c1-5-15-34(6-2)31-27(21-32)28-22-37(29-13-9-11-24-10-7-8-12-25(24)29)16-14-26(28)30(33-31)36-19-17-35(18-20-36)23(3)4;1-4(2)3;2*1-2/h7-13H,3,5-6,14-20,22H2,1-2,4H3;4H,1-3H3;2*1-2H3. The fraction of sp³-hybridized carbons (Fsp3) is 0.538. The number of fused-ring (bicyclic) bond motifs is 2. The van der Waals surface area contributed by atoms with E-state index in [0.29, 0.717) is 0 Å². The largest absolute Gasteiger partial charge is 0.372 e. The Morgan fingerprint density at radius 3 is 2.11 bits per heavy atom. The molecule has 2 aromatic carbocycles. The smallest absolute Gasteiger partial charge is 0.149 e. The number of rotatable bonds is 7. The van der Waals surface area contributed by atoms with Gasteiger partial charge in [0.05, 0.1) is 5.56 Å². The first-order valence-corrected chi connectivity index (χ1v) is 17.4. The molecule has 246 valence electrons. The zero-order valence-corrected chi connectivity index (χ0v) is 30.1. The Hall–Kier alpha value is -3.72. The normalized spacial score (nSPS) is 13.8. The Morgan fingerprint density at radius 2 is 1.53 bits per heavy atom. The molecule has 2 aliphatic rings. The van der Waals surface area contributed by atoms with Crippen LogP contribution >= 0.6 is 0 Å². The second kappa shape index (κ2) is 18.9. The SMILES string of the molecule is C=C(C)N1CCN(c2nc(N(CC)CCC)c(C#N)c3c2CCN(c2cccc4ccccc24)C3)CC1.CC.CC.CC(C)C. The molecule has 0 atom stereocenters. The highest BCUT2D eigenvalue weighted by molar-refractivity contribution is 5.94. The van der Waals surface area contributed by atoms with Gasteiger partial charge in [-0.25, -0.2) is 4.98 Å². The summed E-state index contributed by atoms with van der Waals surface area (Å²) in [5.41, 5.74) is 5.52. The summed E-state index contributed by atoms with van der Waals surface area (Å²) in [7, 11) is 0. The van der Waals surface area contributed by atoms with Gasteiger partial charge in [0.25, 0.3) is 0 Å². The minimum Gasteiger partial charge on any atom is -0.372 e. The van der Waals surface area contributed by atoms with E-state index < -0.39 is 0 Å². The highest BCUT2D eigenvalue weighted by atomic mass is 15.3. The molecule has 1 fully saturated rings. The predicted octanol–water partition coefficient (Wildman–Crippen LogP) is 9.28. The Bertz CT molecular complexity index is 1370. The number of anilines is 3. The van der Waals surface area contributed by atoms with Gasteiger partial charge in [0.15, 0.2) is 0 Å². The monoisotopic (exact) mass is 612 g/mol. The van der Waals surface area contributed by atoms with Gasteiger partial charge < -0.3 is 19.6 Å². The molecule has 1 saturated heterocycles. The number of hydrogen-bond donors (Lipinski definition) is 0. The topological polar surface area (TPSA) is 49.6 Å². The van der Waals surface area contributed by atoms with Crippen molar-refractivity contribution < 1.29 is 0 Å². The van der Waals surface area contributed by atoms with E-state index in [2.05, 4.69) is 116 Å². The molecule has 6 heteroatoms. The maximum atomic E-state index is 10.4. The predicted molar refractivity (Wildman–Crippen MR) is 198 cm³/mol. The summed E-state index contributed by atoms with van der Waals surface area (Å²) in [6, 6.07) is 17.7. The summed E-state index contributed by atoms with van der Waals surface area (Å²) in [6.07, 6.45) is 1.91. The molecule has 0 spiro atoms. The average Bonchev–Trinajstić information content (AvgIpc) is 3.07. The lowest BCUT2D eigenvalue weighted by Gasteiger charge is -2.40. The number of pyridine rings is 1. The minimum absolute atomic E-state index is 0.726. The van der Waals surface area contributed by atoms with Gasteiger partial charge in [-0.15, -0.1) is 0 Å². The lowest BCUT2D eigenvalue weighted by molar-refractivity contribution is 0.322. The Labute approximate surface area is 275 Å². The maximum Gasteiger partial charge on any atom is 0.149 e. The number of hydrogen-bond acceptors (Lipinski definition) is 6. The van der Waals surface area contributed by atoms with Crippen molar-refractivity contribution in [2.45, 2.75) is 88.6 Å². The van der Waals surface area contributed by atoms with Crippen LogP contribution in [0, 0.1) is 17.2 Å². The number of allylic oxidation sites excluding steroid dienone is 1. The summed E-state index contributed by atoms with van der Waals surface area (Å²) in [5, 5.41) is 13.0. The van der Waals surface area contributed by atoms with Gasteiger partial charge in [-0.3, -0.25) is 0 Å². The van der Waals surface area contributed by atoms with Gasteiger partial charge in [0.2, 0.25) is 0 Å². The van der Waals surface area contributed by atoms with E-state index in [9.17, 15) is 5.26 Å². The van der Waals surface area contributed by atoms with Crippen molar-refractivity contribution in [2.75, 3.05) is 60.5 Å². The zero-order chi connectivity index (χ0) is 33.5. The first-order chi connectivity index (χ1) is 21.8. The molecule has 0 bridgehead atoms. The van der Waals surface area contributed by atoms with Crippen LogP contribution < -0.4 is 14.7 Å². The fourth-order valence-corrected chi connectivity index (χ4v) is 5.88. The Balaban J connectivity index is 0.000000804. The van der Waals surface area contributed by atoms with Crippen molar-refractivity contribution in [3.05, 3.63) is 71.4 Å². The van der Waals surface area contributed by atoms with Crippen LogP contribution in [0.5, 0.6) is 0 Å². The molecular weight excluding hydrogens is 552 g/mol. The molecule has 0 saturated carbocycles. The summed E-state index contributed by atoms with van der Waals surface area (Å²) in [4.78, 5) is 14.8. The van der Waals surface area contributed by atoms with Crippen molar-refractivity contribution in [1.29, 1.82) is 5.26 Å². The molecule has 2 aliphatic heterocycles. The van der Waals surface area contributed by atoms with Crippen molar-refractivity contribution in [1.82, 2.24) is 9.88 Å². The van der Waals surface area contributed by atoms with Crippen LogP contribution in [0.4, 0.5) is 17.3 Å². The second-order valence-electron chi connectivity index (χ2n) is 11.9. The van der Waals surface area contributed by atoms with Crippen molar-refractivity contribution >= 4 is 28.1 Å². The third kappa shape index (κ3) is 9.39. The van der Waals surface area contributed by atoms with Crippen LogP contribution in [-0.2, 0) is 13.0 Å². The lowest BCUT2D eigenvalue weighted by atomic mass is 9.94. The van der Waals surface area contributed by atoms with Crippen LogP contribution in [0.3, 0.4) is 0 Å². The molecule has 1 aromatic heterocycles. The molecule has 3 heterocycles. The summed E-state index contributed by atoms with van der Waals surface area (Å²) in [6.45, 7) is 32.2. The van der Waals surface area contributed by atoms with E-state index in [0.717, 1.165) is 99.6 Å². The highest BCUT2D eigenvalue weighted by Crippen LogP contribution is 2.38. The summed E-state index contributed by atoms with van der Waals surface area (Å²) < 4.78 is 0. The molecule has 45 heavy (non-hydrogen) atoms. The molecule has 3 aromatic rings. The van der Waals surface area contributed by atoms with Crippen molar-refractivity contribution in [3.8, 4) is 6.07 Å². The Kier molecular flexibility index (Phi) is 15.8. The third-order valence-electron chi connectivity index (χ3n) is 7.87. The average molecular weight is 613 g/mol. The minimum atomic E-state index is 0.726. The summed E-state index contributed by atoms with van der Waals surface area (Å²) in [5.74, 6) is 2.76. The molecule has 0 aliphatic carbocycles. The highest BCUT2D eigenvalue weighted by Gasteiger charge is 2.31. The van der Waals surface area contributed by atoms with E-state index in [-0.39, 0.29) is 0 Å². The van der Waals surface area contributed by atoms with E-state index in [1.807, 2.05) is 27.7 Å². The third-order valence-corrected chi connectivity index (χ3v) is 7.87. The van der Waals surface area contributed by atoms with Gasteiger partial charge in [-0.1, -0.05) is 98.4 Å². The second-order valence-corrected chi connectivity index (χ2v) is 11.9. The van der Waals surface area contributed by atoms with E-state index >= 15 is 0 Å². The molecule has 5 rings (SSSR count). The van der Waals surface area contributed by atoms with Crippen LogP contribution in [0.1, 0.15) is 92.3 Å². The number of nitriles is 1. The molecule has 0 unspecified atom stereocenters. The van der Waals surface area contributed by atoms with Gasteiger partial charge in [0, 0.05) is 74.7 Å². The lowest BCUT2D eigenvalue weighted by Crippen LogP contribution is -2.46. The number of benzene rings is 2. The molecular formula is C39H60N6. The molecule has 0 N–H and O–H groups in total. The van der Waals surface area contributed by atoms with E-state index in [1.54, 1.807) is 0 Å². The van der Waals surface area contributed by atoms with Gasteiger partial charge in [-0.2, -0.15) is 5.26 Å². The van der Waals surface area contributed by atoms with Crippen LogP contribution in [0.25, 0.3) is 10.8 Å². The van der Waals surface area contributed by atoms with Crippen LogP contribution in [-0.4, -0.2) is 55.7 Å². The summed E-state index contributed by atoms with van der Waals surface area (Å²) >= 11 is 0. The fourth-order valence-electron chi connectivity index (χ4n) is 5.88. The van der Waals surface area contributed by atoms with Crippen molar-refractivity contribution in [3.63, 3.8) is 0 Å². The maximum absolute atomic E-state index is 10.4. The quantitative estimate of drug-likeness (QED) is 0.265.